The van der Waals surface area contributed by atoms with Crippen LogP contribution in [0.25, 0.3) is 0 Å². The lowest BCUT2D eigenvalue weighted by Gasteiger charge is -2.19. The highest BCUT2D eigenvalue weighted by molar-refractivity contribution is 5.30. The minimum absolute atomic E-state index is 0.302. The molecule has 110 valence electrons. The van der Waals surface area contributed by atoms with Crippen LogP contribution < -0.4 is 5.32 Å². The van der Waals surface area contributed by atoms with Gasteiger partial charge in [0.05, 0.1) is 18.3 Å². The van der Waals surface area contributed by atoms with Crippen LogP contribution in [0.15, 0.2) is 6.20 Å². The molecule has 1 aromatic heterocycles. The first-order valence-electron chi connectivity index (χ1n) is 7.39. The zero-order chi connectivity index (χ0) is 14.3. The predicted molar refractivity (Wildman–Crippen MR) is 80.8 cm³/mol. The second kappa shape index (κ2) is 8.20. The Labute approximate surface area is 117 Å². The molecule has 19 heavy (non-hydrogen) atoms. The van der Waals surface area contributed by atoms with Crippen LogP contribution in [0.1, 0.15) is 58.2 Å². The van der Waals surface area contributed by atoms with Gasteiger partial charge in [-0.15, -0.1) is 0 Å². The molecule has 0 radical (unpaired) electrons. The Morgan fingerprint density at radius 1 is 1.37 bits per heavy atom. The van der Waals surface area contributed by atoms with Crippen molar-refractivity contribution in [3.63, 3.8) is 0 Å². The number of aromatic nitrogens is 2. The van der Waals surface area contributed by atoms with Crippen LogP contribution >= 0.6 is 0 Å². The molecule has 0 aromatic carbocycles. The van der Waals surface area contributed by atoms with Crippen LogP contribution in [0.4, 0.5) is 5.95 Å². The Morgan fingerprint density at radius 3 is 2.74 bits per heavy atom. The third-order valence-electron chi connectivity index (χ3n) is 3.35. The predicted octanol–water partition coefficient (Wildman–Crippen LogP) is 3.78. The Kier molecular flexibility index (Phi) is 6.92. The number of methoxy groups -OCH3 is 1. The fourth-order valence-corrected chi connectivity index (χ4v) is 2.27. The highest BCUT2D eigenvalue weighted by Crippen LogP contribution is 2.18. The molecular formula is C15H29N3O. The molecule has 0 aliphatic carbocycles. The van der Waals surface area contributed by atoms with Gasteiger partial charge in [0, 0.05) is 19.3 Å². The average molecular weight is 267 g/mol. The molecule has 1 N–H and O–H groups in total. The van der Waals surface area contributed by atoms with Crippen molar-refractivity contribution in [2.24, 2.45) is 0 Å². The molecule has 0 saturated heterocycles. The summed E-state index contributed by atoms with van der Waals surface area (Å²) in [5, 5.41) is 3.53. The van der Waals surface area contributed by atoms with Crippen molar-refractivity contribution in [1.29, 1.82) is 0 Å². The number of rotatable bonds is 9. The number of ether oxygens (including phenoxy) is 1. The summed E-state index contributed by atoms with van der Waals surface area (Å²) < 4.78 is 7.41. The van der Waals surface area contributed by atoms with E-state index in [9.17, 15) is 0 Å². The lowest BCUT2D eigenvalue weighted by atomic mass is 10.1. The minimum atomic E-state index is 0.302. The minimum Gasteiger partial charge on any atom is -0.383 e. The third-order valence-corrected chi connectivity index (χ3v) is 3.35. The van der Waals surface area contributed by atoms with Gasteiger partial charge in [-0.25, -0.2) is 4.98 Å². The number of aryl methyl sites for hydroxylation is 1. The summed E-state index contributed by atoms with van der Waals surface area (Å²) in [5.41, 5.74) is 1.05. The highest BCUT2D eigenvalue weighted by atomic mass is 16.5. The van der Waals surface area contributed by atoms with Gasteiger partial charge in [-0.2, -0.15) is 0 Å². The van der Waals surface area contributed by atoms with E-state index in [2.05, 4.69) is 41.8 Å². The molecule has 0 fully saturated rings. The number of hydrogen-bond donors (Lipinski definition) is 1. The van der Waals surface area contributed by atoms with Gasteiger partial charge in [0.2, 0.25) is 5.95 Å². The molecule has 2 atom stereocenters. The first-order chi connectivity index (χ1) is 9.08. The summed E-state index contributed by atoms with van der Waals surface area (Å²) in [7, 11) is 1.74. The van der Waals surface area contributed by atoms with Gasteiger partial charge in [-0.3, -0.25) is 0 Å². The third kappa shape index (κ3) is 5.23. The number of anilines is 1. The van der Waals surface area contributed by atoms with E-state index >= 15 is 0 Å². The zero-order valence-corrected chi connectivity index (χ0v) is 13.1. The van der Waals surface area contributed by atoms with Gasteiger partial charge in [-0.05, 0) is 27.2 Å². The van der Waals surface area contributed by atoms with Crippen molar-refractivity contribution in [3.05, 3.63) is 11.9 Å². The molecule has 4 heteroatoms. The Balaban J connectivity index is 2.61. The number of nitrogens with one attached hydrogen (secondary N) is 1. The number of imidazole rings is 1. The van der Waals surface area contributed by atoms with E-state index in [4.69, 9.17) is 4.74 Å². The first-order valence-corrected chi connectivity index (χ1v) is 7.39. The SMILES string of the molecule is CCCCCC(C)Nc1nc(C)cn1C(C)COC. The summed E-state index contributed by atoms with van der Waals surface area (Å²) in [6, 6.07) is 0.762. The monoisotopic (exact) mass is 267 g/mol. The summed E-state index contributed by atoms with van der Waals surface area (Å²) >= 11 is 0. The van der Waals surface area contributed by atoms with E-state index in [0.717, 1.165) is 11.6 Å². The largest absolute Gasteiger partial charge is 0.383 e. The number of hydrogen-bond acceptors (Lipinski definition) is 3. The van der Waals surface area contributed by atoms with E-state index in [0.29, 0.717) is 18.7 Å². The van der Waals surface area contributed by atoms with Crippen molar-refractivity contribution < 1.29 is 4.74 Å². The fraction of sp³-hybridized carbons (Fsp3) is 0.800. The summed E-state index contributed by atoms with van der Waals surface area (Å²) in [5.74, 6) is 0.964. The summed E-state index contributed by atoms with van der Waals surface area (Å²) in [4.78, 5) is 4.58. The molecule has 0 saturated carbocycles. The van der Waals surface area contributed by atoms with E-state index in [1.165, 1.54) is 25.7 Å². The maximum atomic E-state index is 5.23. The van der Waals surface area contributed by atoms with E-state index in [-0.39, 0.29) is 0 Å². The molecule has 0 aliphatic heterocycles. The highest BCUT2D eigenvalue weighted by Gasteiger charge is 2.13. The normalized spacial score (nSPS) is 14.4. The lowest BCUT2D eigenvalue weighted by molar-refractivity contribution is 0.163. The van der Waals surface area contributed by atoms with Crippen LogP contribution in [0.5, 0.6) is 0 Å². The fourth-order valence-electron chi connectivity index (χ4n) is 2.27. The molecule has 1 aromatic rings. The maximum Gasteiger partial charge on any atom is 0.203 e. The van der Waals surface area contributed by atoms with Crippen molar-refractivity contribution in [2.45, 2.75) is 65.5 Å². The Morgan fingerprint density at radius 2 is 2.11 bits per heavy atom. The molecular weight excluding hydrogens is 238 g/mol. The van der Waals surface area contributed by atoms with Crippen molar-refractivity contribution in [3.8, 4) is 0 Å². The molecule has 1 rings (SSSR count). The van der Waals surface area contributed by atoms with Gasteiger partial charge < -0.3 is 14.6 Å². The van der Waals surface area contributed by atoms with Crippen molar-refractivity contribution in [1.82, 2.24) is 9.55 Å². The van der Waals surface area contributed by atoms with Crippen LogP contribution in [0.2, 0.25) is 0 Å². The second-order valence-corrected chi connectivity index (χ2v) is 5.46. The van der Waals surface area contributed by atoms with Gasteiger partial charge >= 0.3 is 0 Å². The van der Waals surface area contributed by atoms with Crippen LogP contribution in [0.3, 0.4) is 0 Å². The van der Waals surface area contributed by atoms with Gasteiger partial charge in [0.25, 0.3) is 0 Å². The zero-order valence-electron chi connectivity index (χ0n) is 13.1. The topological polar surface area (TPSA) is 39.1 Å². The van der Waals surface area contributed by atoms with Crippen molar-refractivity contribution in [2.75, 3.05) is 19.0 Å². The molecule has 4 nitrogen and oxygen atoms in total. The van der Waals surface area contributed by atoms with Gasteiger partial charge in [-0.1, -0.05) is 26.2 Å². The summed E-state index contributed by atoms with van der Waals surface area (Å²) in [6.07, 6.45) is 7.13. The molecule has 0 amide bonds. The Hall–Kier alpha value is -1.03. The Bertz CT molecular complexity index is 362. The molecule has 1 heterocycles. The van der Waals surface area contributed by atoms with Crippen LogP contribution in [-0.2, 0) is 4.74 Å². The van der Waals surface area contributed by atoms with Gasteiger partial charge in [0.1, 0.15) is 0 Å². The van der Waals surface area contributed by atoms with Gasteiger partial charge in [0.15, 0.2) is 0 Å². The molecule has 2 unspecified atom stereocenters. The summed E-state index contributed by atoms with van der Waals surface area (Å²) in [6.45, 7) is 9.35. The standard InChI is InChI=1S/C15H29N3O/c1-6-7-8-9-12(2)16-15-17-13(3)10-18(15)14(4)11-19-5/h10,12,14H,6-9,11H2,1-5H3,(H,16,17). The average Bonchev–Trinajstić information content (AvgIpc) is 2.71. The van der Waals surface area contributed by atoms with Crippen LogP contribution in [0, 0.1) is 6.92 Å². The van der Waals surface area contributed by atoms with E-state index in [1.807, 2.05) is 6.92 Å². The van der Waals surface area contributed by atoms with E-state index in [1.54, 1.807) is 7.11 Å². The molecule has 0 spiro atoms. The van der Waals surface area contributed by atoms with E-state index < -0.39 is 0 Å². The smallest absolute Gasteiger partial charge is 0.203 e. The number of nitrogens with zero attached hydrogens (tertiary/aromatic N) is 2. The first kappa shape index (κ1) is 16.0. The lowest BCUT2D eigenvalue weighted by Crippen LogP contribution is -2.20. The maximum absolute atomic E-state index is 5.23. The van der Waals surface area contributed by atoms with Crippen LogP contribution in [-0.4, -0.2) is 29.3 Å². The quantitative estimate of drug-likeness (QED) is 0.692. The molecule has 0 aliphatic rings. The second-order valence-electron chi connectivity index (χ2n) is 5.46. The molecule has 0 bridgehead atoms. The number of unbranched alkanes of at least 4 members (excludes halogenated alkanes) is 2. The van der Waals surface area contributed by atoms with Crippen molar-refractivity contribution >= 4 is 5.95 Å².